The summed E-state index contributed by atoms with van der Waals surface area (Å²) in [4.78, 5) is 3.95. The molecule has 0 saturated heterocycles. The van der Waals surface area contributed by atoms with E-state index in [1.165, 1.54) is 0 Å². The van der Waals surface area contributed by atoms with Crippen LogP contribution in [0.15, 0.2) is 4.42 Å². The van der Waals surface area contributed by atoms with E-state index < -0.39 is 6.43 Å². The fourth-order valence-electron chi connectivity index (χ4n) is 1.57. The van der Waals surface area contributed by atoms with Crippen LogP contribution >= 0.6 is 0 Å². The Hall–Kier alpha value is -0.930. The van der Waals surface area contributed by atoms with Crippen LogP contribution in [0.3, 0.4) is 0 Å². The van der Waals surface area contributed by atoms with Crippen molar-refractivity contribution < 1.29 is 13.2 Å². The molecule has 0 N–H and O–H groups in total. The Morgan fingerprint density at radius 1 is 1.33 bits per heavy atom. The fraction of sp³-hybridized carbons (Fsp3) is 0.727. The van der Waals surface area contributed by atoms with Gasteiger partial charge in [0.1, 0.15) is 11.5 Å². The third kappa shape index (κ3) is 1.77. The molecule has 0 aromatic carbocycles. The van der Waals surface area contributed by atoms with Gasteiger partial charge in [0.25, 0.3) is 6.43 Å². The molecule has 0 unspecified atom stereocenters. The molecule has 2 nitrogen and oxygen atoms in total. The molecule has 0 aliphatic heterocycles. The zero-order valence-electron chi connectivity index (χ0n) is 9.18. The lowest BCUT2D eigenvalue weighted by atomic mass is 10.1. The van der Waals surface area contributed by atoms with Crippen molar-refractivity contribution in [2.24, 2.45) is 0 Å². The number of rotatable bonds is 3. The van der Waals surface area contributed by atoms with E-state index in [0.29, 0.717) is 11.7 Å². The van der Waals surface area contributed by atoms with Gasteiger partial charge in [-0.2, -0.15) is 0 Å². The molecule has 4 heteroatoms. The van der Waals surface area contributed by atoms with Crippen molar-refractivity contribution in [3.05, 3.63) is 17.3 Å². The van der Waals surface area contributed by atoms with Crippen molar-refractivity contribution >= 4 is 0 Å². The predicted molar refractivity (Wildman–Crippen MR) is 52.1 cm³/mol. The van der Waals surface area contributed by atoms with Crippen LogP contribution in [0.1, 0.15) is 63.3 Å². The van der Waals surface area contributed by atoms with Crippen LogP contribution in [-0.4, -0.2) is 4.98 Å². The van der Waals surface area contributed by atoms with Crippen LogP contribution < -0.4 is 0 Å². The fourth-order valence-corrected chi connectivity index (χ4v) is 1.57. The van der Waals surface area contributed by atoms with Gasteiger partial charge in [-0.1, -0.05) is 20.8 Å². The van der Waals surface area contributed by atoms with Crippen molar-refractivity contribution in [1.82, 2.24) is 4.98 Å². The predicted octanol–water partition coefficient (Wildman–Crippen LogP) is 3.79. The SMILES string of the molecule is CC(C)c1oc(C2(C)CC2)nc1C(F)F. The van der Waals surface area contributed by atoms with E-state index in [-0.39, 0.29) is 17.0 Å². The number of hydrogen-bond donors (Lipinski definition) is 0. The Bertz CT molecular complexity index is 341. The third-order valence-corrected chi connectivity index (χ3v) is 2.93. The van der Waals surface area contributed by atoms with Crippen LogP contribution in [-0.2, 0) is 5.41 Å². The van der Waals surface area contributed by atoms with Gasteiger partial charge >= 0.3 is 0 Å². The number of nitrogens with zero attached hydrogens (tertiary/aromatic N) is 1. The van der Waals surface area contributed by atoms with E-state index in [2.05, 4.69) is 4.98 Å². The van der Waals surface area contributed by atoms with Crippen molar-refractivity contribution in [3.63, 3.8) is 0 Å². The number of halogens is 2. The molecule has 0 radical (unpaired) electrons. The standard InChI is InChI=1S/C11H15F2NO/c1-6(2)8-7(9(12)13)14-10(15-8)11(3)4-5-11/h6,9H,4-5H2,1-3H3. The molecular weight excluding hydrogens is 200 g/mol. The van der Waals surface area contributed by atoms with Crippen LogP contribution in [0.4, 0.5) is 8.78 Å². The summed E-state index contributed by atoms with van der Waals surface area (Å²) in [5.74, 6) is 0.784. The van der Waals surface area contributed by atoms with E-state index in [0.717, 1.165) is 12.8 Å². The van der Waals surface area contributed by atoms with Crippen molar-refractivity contribution in [1.29, 1.82) is 0 Å². The van der Waals surface area contributed by atoms with E-state index in [1.54, 1.807) is 0 Å². The van der Waals surface area contributed by atoms with Crippen molar-refractivity contribution in [3.8, 4) is 0 Å². The first kappa shape index (κ1) is 10.6. The lowest BCUT2D eigenvalue weighted by Crippen LogP contribution is -2.00. The molecule has 0 amide bonds. The van der Waals surface area contributed by atoms with E-state index >= 15 is 0 Å². The normalized spacial score (nSPS) is 18.9. The minimum Gasteiger partial charge on any atom is -0.444 e. The minimum absolute atomic E-state index is 0.0439. The molecule has 1 heterocycles. The van der Waals surface area contributed by atoms with E-state index in [4.69, 9.17) is 4.42 Å². The summed E-state index contributed by atoms with van der Waals surface area (Å²) < 4.78 is 30.8. The van der Waals surface area contributed by atoms with Gasteiger partial charge in [-0.3, -0.25) is 0 Å². The summed E-state index contributed by atoms with van der Waals surface area (Å²) in [5, 5.41) is 0. The van der Waals surface area contributed by atoms with Gasteiger partial charge in [-0.05, 0) is 12.8 Å². The quantitative estimate of drug-likeness (QED) is 0.766. The maximum absolute atomic E-state index is 12.7. The minimum atomic E-state index is -2.54. The molecule has 0 atom stereocenters. The van der Waals surface area contributed by atoms with Gasteiger partial charge in [-0.15, -0.1) is 0 Å². The van der Waals surface area contributed by atoms with Gasteiger partial charge in [0, 0.05) is 11.3 Å². The number of oxazole rings is 1. The second-order valence-corrected chi connectivity index (χ2v) is 4.78. The van der Waals surface area contributed by atoms with Gasteiger partial charge in [0.2, 0.25) is 5.89 Å². The Labute approximate surface area is 87.7 Å². The third-order valence-electron chi connectivity index (χ3n) is 2.93. The zero-order valence-corrected chi connectivity index (χ0v) is 9.18. The molecule has 1 aromatic heterocycles. The second-order valence-electron chi connectivity index (χ2n) is 4.78. The number of aromatic nitrogens is 1. The molecule has 0 spiro atoms. The van der Waals surface area contributed by atoms with Crippen molar-refractivity contribution in [2.75, 3.05) is 0 Å². The van der Waals surface area contributed by atoms with E-state index in [1.807, 2.05) is 20.8 Å². The summed E-state index contributed by atoms with van der Waals surface area (Å²) >= 11 is 0. The first-order valence-corrected chi connectivity index (χ1v) is 5.23. The summed E-state index contributed by atoms with van der Waals surface area (Å²) in [5.41, 5.74) is -0.260. The average Bonchev–Trinajstić information content (AvgIpc) is 2.74. The molecule has 1 fully saturated rings. The van der Waals surface area contributed by atoms with E-state index in [9.17, 15) is 8.78 Å². The summed E-state index contributed by atoms with van der Waals surface area (Å²) in [7, 11) is 0. The van der Waals surface area contributed by atoms with Gasteiger partial charge in [0.05, 0.1) is 0 Å². The highest BCUT2D eigenvalue weighted by atomic mass is 19.3. The highest BCUT2D eigenvalue weighted by Gasteiger charge is 2.45. The molecule has 1 aliphatic rings. The second kappa shape index (κ2) is 3.29. The monoisotopic (exact) mass is 215 g/mol. The van der Waals surface area contributed by atoms with Crippen molar-refractivity contribution in [2.45, 2.75) is 51.4 Å². The first-order chi connectivity index (χ1) is 6.94. The molecule has 84 valence electrons. The Balaban J connectivity index is 2.40. The summed E-state index contributed by atoms with van der Waals surface area (Å²) in [6, 6.07) is 0. The Morgan fingerprint density at radius 2 is 1.93 bits per heavy atom. The van der Waals surface area contributed by atoms with Crippen LogP contribution in [0, 0.1) is 0 Å². The van der Waals surface area contributed by atoms with Gasteiger partial charge in [0.15, 0.2) is 0 Å². The molecular formula is C11H15F2NO. The molecule has 15 heavy (non-hydrogen) atoms. The lowest BCUT2D eigenvalue weighted by molar-refractivity contribution is 0.143. The Kier molecular flexibility index (Phi) is 2.32. The largest absolute Gasteiger partial charge is 0.444 e. The molecule has 1 aromatic rings. The maximum atomic E-state index is 12.7. The number of alkyl halides is 2. The average molecular weight is 215 g/mol. The summed E-state index contributed by atoms with van der Waals surface area (Å²) in [6.45, 7) is 5.68. The first-order valence-electron chi connectivity index (χ1n) is 5.23. The molecule has 2 rings (SSSR count). The smallest absolute Gasteiger partial charge is 0.283 e. The van der Waals surface area contributed by atoms with Gasteiger partial charge in [-0.25, -0.2) is 13.8 Å². The van der Waals surface area contributed by atoms with Crippen LogP contribution in [0.25, 0.3) is 0 Å². The molecule has 1 aliphatic carbocycles. The lowest BCUT2D eigenvalue weighted by Gasteiger charge is -2.02. The molecule has 1 saturated carbocycles. The highest BCUT2D eigenvalue weighted by molar-refractivity contribution is 5.21. The molecule has 0 bridgehead atoms. The highest BCUT2D eigenvalue weighted by Crippen LogP contribution is 2.48. The summed E-state index contributed by atoms with van der Waals surface area (Å²) in [6.07, 6.45) is -0.580. The zero-order chi connectivity index (χ0) is 11.2. The van der Waals surface area contributed by atoms with Crippen LogP contribution in [0.5, 0.6) is 0 Å². The van der Waals surface area contributed by atoms with Gasteiger partial charge < -0.3 is 4.42 Å². The Morgan fingerprint density at radius 3 is 2.27 bits per heavy atom. The maximum Gasteiger partial charge on any atom is 0.283 e. The van der Waals surface area contributed by atoms with Crippen LogP contribution in [0.2, 0.25) is 0 Å². The number of hydrogen-bond acceptors (Lipinski definition) is 2. The topological polar surface area (TPSA) is 26.0 Å².